The van der Waals surface area contributed by atoms with Crippen molar-refractivity contribution in [2.75, 3.05) is 11.9 Å². The van der Waals surface area contributed by atoms with Gasteiger partial charge < -0.3 is 10.0 Å². The lowest BCUT2D eigenvalue weighted by molar-refractivity contribution is 0.0697. The van der Waals surface area contributed by atoms with Gasteiger partial charge in [-0.15, -0.1) is 0 Å². The number of benzene rings is 1. The maximum absolute atomic E-state index is 11.1. The summed E-state index contributed by atoms with van der Waals surface area (Å²) < 4.78 is 0. The van der Waals surface area contributed by atoms with E-state index in [0.29, 0.717) is 5.69 Å². The highest BCUT2D eigenvalue weighted by Crippen LogP contribution is 2.25. The Morgan fingerprint density at radius 2 is 1.94 bits per heavy atom. The number of pyridine rings is 1. The van der Waals surface area contributed by atoms with Crippen LogP contribution < -0.4 is 4.90 Å². The number of carbonyl (C=O) groups is 1. The first kappa shape index (κ1) is 11.1. The van der Waals surface area contributed by atoms with Crippen LogP contribution in [0.5, 0.6) is 0 Å². The van der Waals surface area contributed by atoms with Gasteiger partial charge in [0.25, 0.3) is 0 Å². The van der Waals surface area contributed by atoms with E-state index in [1.165, 1.54) is 12.3 Å². The summed E-state index contributed by atoms with van der Waals surface area (Å²) in [6, 6.07) is 11.1. The van der Waals surface area contributed by atoms with Crippen LogP contribution in [0.4, 0.5) is 11.4 Å². The first-order valence-corrected chi connectivity index (χ1v) is 5.16. The van der Waals surface area contributed by atoms with Crippen molar-refractivity contribution in [1.29, 1.82) is 0 Å². The van der Waals surface area contributed by atoms with E-state index in [2.05, 4.69) is 4.98 Å². The number of aromatic nitrogens is 1. The lowest BCUT2D eigenvalue weighted by Crippen LogP contribution is -2.14. The monoisotopic (exact) mass is 228 g/mol. The van der Waals surface area contributed by atoms with E-state index in [9.17, 15) is 4.79 Å². The van der Waals surface area contributed by atoms with Crippen LogP contribution in [-0.2, 0) is 0 Å². The fourth-order valence-corrected chi connectivity index (χ4v) is 1.62. The second-order valence-electron chi connectivity index (χ2n) is 3.59. The molecular weight excluding hydrogens is 216 g/mol. The average Bonchev–Trinajstić information content (AvgIpc) is 2.39. The third-order valence-corrected chi connectivity index (χ3v) is 2.54. The fourth-order valence-electron chi connectivity index (χ4n) is 1.62. The van der Waals surface area contributed by atoms with Crippen molar-refractivity contribution in [3.8, 4) is 0 Å². The molecule has 1 heterocycles. The van der Waals surface area contributed by atoms with E-state index < -0.39 is 5.97 Å². The highest BCUT2D eigenvalue weighted by atomic mass is 16.4. The van der Waals surface area contributed by atoms with Gasteiger partial charge >= 0.3 is 5.97 Å². The Balaban J connectivity index is 2.44. The van der Waals surface area contributed by atoms with Gasteiger partial charge in [-0.1, -0.05) is 18.2 Å². The van der Waals surface area contributed by atoms with Crippen molar-refractivity contribution in [2.45, 2.75) is 0 Å². The second kappa shape index (κ2) is 4.65. The van der Waals surface area contributed by atoms with Crippen LogP contribution in [0.3, 0.4) is 0 Å². The van der Waals surface area contributed by atoms with Gasteiger partial charge in [-0.25, -0.2) is 4.79 Å². The molecule has 0 radical (unpaired) electrons. The number of nitrogens with zero attached hydrogens (tertiary/aromatic N) is 2. The summed E-state index contributed by atoms with van der Waals surface area (Å²) in [4.78, 5) is 16.9. The minimum absolute atomic E-state index is 0.242. The fraction of sp³-hybridized carbons (Fsp3) is 0.0769. The van der Waals surface area contributed by atoms with Crippen molar-refractivity contribution in [1.82, 2.24) is 4.98 Å². The van der Waals surface area contributed by atoms with Gasteiger partial charge in [-0.2, -0.15) is 0 Å². The number of carboxylic acids is 1. The molecule has 1 aromatic heterocycles. The average molecular weight is 228 g/mol. The lowest BCUT2D eigenvalue weighted by atomic mass is 10.2. The van der Waals surface area contributed by atoms with Gasteiger partial charge in [0.1, 0.15) is 0 Å². The minimum atomic E-state index is -0.954. The highest BCUT2D eigenvalue weighted by Gasteiger charge is 2.13. The Morgan fingerprint density at radius 1 is 1.24 bits per heavy atom. The van der Waals surface area contributed by atoms with E-state index in [4.69, 9.17) is 5.11 Å². The normalized spacial score (nSPS) is 9.94. The predicted octanol–water partition coefficient (Wildman–Crippen LogP) is 2.55. The molecule has 0 saturated heterocycles. The molecule has 2 rings (SSSR count). The van der Waals surface area contributed by atoms with Crippen LogP contribution in [0.2, 0.25) is 0 Å². The van der Waals surface area contributed by atoms with Gasteiger partial charge in [0.15, 0.2) is 0 Å². The standard InChI is InChI=1S/C13H12N2O2/c1-15(10-5-3-2-4-6-10)12-9-14-8-7-11(12)13(16)17/h2-9H,1H3,(H,16,17). The second-order valence-corrected chi connectivity index (χ2v) is 3.59. The molecule has 0 fully saturated rings. The van der Waals surface area contributed by atoms with E-state index in [0.717, 1.165) is 5.69 Å². The zero-order valence-electron chi connectivity index (χ0n) is 9.37. The summed E-state index contributed by atoms with van der Waals surface area (Å²) >= 11 is 0. The molecule has 2 aromatic rings. The highest BCUT2D eigenvalue weighted by molar-refractivity contribution is 5.95. The lowest BCUT2D eigenvalue weighted by Gasteiger charge is -2.20. The summed E-state index contributed by atoms with van der Waals surface area (Å²) in [5.74, 6) is -0.954. The van der Waals surface area contributed by atoms with Gasteiger partial charge in [0.2, 0.25) is 0 Å². The molecule has 0 unspecified atom stereocenters. The van der Waals surface area contributed by atoms with Gasteiger partial charge in [0.05, 0.1) is 17.4 Å². The number of aromatic carboxylic acids is 1. The first-order valence-electron chi connectivity index (χ1n) is 5.16. The molecule has 1 aromatic carbocycles. The van der Waals surface area contributed by atoms with Gasteiger partial charge in [0, 0.05) is 18.9 Å². The minimum Gasteiger partial charge on any atom is -0.478 e. The van der Waals surface area contributed by atoms with Crippen molar-refractivity contribution in [3.63, 3.8) is 0 Å². The number of rotatable bonds is 3. The molecule has 4 nitrogen and oxygen atoms in total. The molecule has 4 heteroatoms. The van der Waals surface area contributed by atoms with E-state index >= 15 is 0 Å². The van der Waals surface area contributed by atoms with Crippen molar-refractivity contribution in [3.05, 3.63) is 54.4 Å². The summed E-state index contributed by atoms with van der Waals surface area (Å²) in [5, 5.41) is 9.11. The Morgan fingerprint density at radius 3 is 2.59 bits per heavy atom. The first-order chi connectivity index (χ1) is 8.20. The molecule has 0 bridgehead atoms. The topological polar surface area (TPSA) is 53.4 Å². The molecular formula is C13H12N2O2. The summed E-state index contributed by atoms with van der Waals surface area (Å²) in [5.41, 5.74) is 1.74. The third-order valence-electron chi connectivity index (χ3n) is 2.54. The molecule has 86 valence electrons. The molecule has 0 aliphatic carbocycles. The zero-order chi connectivity index (χ0) is 12.3. The number of para-hydroxylation sites is 1. The number of hydrogen-bond acceptors (Lipinski definition) is 3. The molecule has 0 aliphatic rings. The molecule has 0 spiro atoms. The predicted molar refractivity (Wildman–Crippen MR) is 65.7 cm³/mol. The Kier molecular flexibility index (Phi) is 3.05. The maximum atomic E-state index is 11.1. The molecule has 0 saturated carbocycles. The third kappa shape index (κ3) is 2.25. The van der Waals surface area contributed by atoms with Crippen LogP contribution in [0.15, 0.2) is 48.8 Å². The Hall–Kier alpha value is -2.36. The molecule has 0 atom stereocenters. The van der Waals surface area contributed by atoms with Gasteiger partial charge in [-0.3, -0.25) is 4.98 Å². The Bertz CT molecular complexity index is 526. The van der Waals surface area contributed by atoms with E-state index in [1.54, 1.807) is 11.1 Å². The van der Waals surface area contributed by atoms with Crippen molar-refractivity contribution in [2.24, 2.45) is 0 Å². The van der Waals surface area contributed by atoms with Crippen LogP contribution in [0.1, 0.15) is 10.4 Å². The van der Waals surface area contributed by atoms with E-state index in [1.807, 2.05) is 37.4 Å². The number of anilines is 2. The van der Waals surface area contributed by atoms with Crippen LogP contribution >= 0.6 is 0 Å². The summed E-state index contributed by atoms with van der Waals surface area (Å²) in [7, 11) is 1.82. The Labute approximate surface area is 99.2 Å². The molecule has 0 aliphatic heterocycles. The zero-order valence-corrected chi connectivity index (χ0v) is 9.37. The summed E-state index contributed by atoms with van der Waals surface area (Å²) in [6.07, 6.45) is 3.03. The molecule has 1 N–H and O–H groups in total. The number of carboxylic acid groups (broad SMARTS) is 1. The van der Waals surface area contributed by atoms with E-state index in [-0.39, 0.29) is 5.56 Å². The smallest absolute Gasteiger partial charge is 0.337 e. The molecule has 17 heavy (non-hydrogen) atoms. The number of hydrogen-bond donors (Lipinski definition) is 1. The van der Waals surface area contributed by atoms with Crippen LogP contribution in [0.25, 0.3) is 0 Å². The van der Waals surface area contributed by atoms with Crippen molar-refractivity contribution >= 4 is 17.3 Å². The quantitative estimate of drug-likeness (QED) is 0.877. The maximum Gasteiger partial charge on any atom is 0.337 e. The van der Waals surface area contributed by atoms with Crippen LogP contribution in [-0.4, -0.2) is 23.1 Å². The van der Waals surface area contributed by atoms with Crippen molar-refractivity contribution < 1.29 is 9.90 Å². The SMILES string of the molecule is CN(c1ccccc1)c1cnccc1C(=O)O. The van der Waals surface area contributed by atoms with Gasteiger partial charge in [-0.05, 0) is 18.2 Å². The summed E-state index contributed by atoms with van der Waals surface area (Å²) in [6.45, 7) is 0. The van der Waals surface area contributed by atoms with Crippen LogP contribution in [0, 0.1) is 0 Å². The molecule has 0 amide bonds. The largest absolute Gasteiger partial charge is 0.478 e.